The number of aromatic nitrogens is 3. The van der Waals surface area contributed by atoms with Gasteiger partial charge in [0, 0.05) is 32.4 Å². The Morgan fingerprint density at radius 3 is 2.82 bits per heavy atom. The van der Waals surface area contributed by atoms with Crippen molar-refractivity contribution in [3.8, 4) is 0 Å². The molecule has 7 nitrogen and oxygen atoms in total. The number of rotatable bonds is 4. The van der Waals surface area contributed by atoms with Crippen LogP contribution in [0.4, 0.5) is 0 Å². The summed E-state index contributed by atoms with van der Waals surface area (Å²) in [6, 6.07) is 0. The van der Waals surface area contributed by atoms with Crippen molar-refractivity contribution in [2.24, 2.45) is 5.92 Å². The zero-order valence-corrected chi connectivity index (χ0v) is 13.2. The molecule has 3 heterocycles. The van der Waals surface area contributed by atoms with Crippen molar-refractivity contribution in [1.29, 1.82) is 0 Å². The fraction of sp³-hybridized carbons (Fsp3) is 0.800. The molecule has 0 bridgehead atoms. The van der Waals surface area contributed by atoms with Gasteiger partial charge < -0.3 is 10.0 Å². The van der Waals surface area contributed by atoms with Crippen LogP contribution in [0.1, 0.15) is 26.2 Å². The van der Waals surface area contributed by atoms with E-state index in [2.05, 4.69) is 22.1 Å². The first-order valence-corrected chi connectivity index (χ1v) is 8.11. The van der Waals surface area contributed by atoms with Crippen LogP contribution in [0.2, 0.25) is 0 Å². The molecule has 2 saturated heterocycles. The number of hydrogen-bond donors (Lipinski definition) is 1. The zero-order valence-electron chi connectivity index (χ0n) is 13.2. The Bertz CT molecular complexity index is 498. The molecule has 0 aromatic carbocycles. The topological polar surface area (TPSA) is 74.5 Å². The van der Waals surface area contributed by atoms with Gasteiger partial charge in [0.2, 0.25) is 5.91 Å². The summed E-state index contributed by atoms with van der Waals surface area (Å²) in [4.78, 5) is 16.4. The second-order valence-electron chi connectivity index (χ2n) is 6.85. The van der Waals surface area contributed by atoms with Gasteiger partial charge in [-0.15, -0.1) is 5.10 Å². The molecule has 1 atom stereocenters. The number of carbonyl (C=O) groups is 1. The van der Waals surface area contributed by atoms with E-state index in [9.17, 15) is 9.90 Å². The van der Waals surface area contributed by atoms with Gasteiger partial charge in [-0.05, 0) is 25.2 Å². The Morgan fingerprint density at radius 2 is 2.14 bits per heavy atom. The van der Waals surface area contributed by atoms with Crippen LogP contribution in [-0.4, -0.2) is 74.1 Å². The highest BCUT2D eigenvalue weighted by molar-refractivity contribution is 5.78. The first-order valence-electron chi connectivity index (χ1n) is 8.11. The lowest BCUT2D eigenvalue weighted by Crippen LogP contribution is -2.45. The number of carbonyl (C=O) groups excluding carboxylic acids is 1. The Balaban J connectivity index is 1.49. The molecule has 22 heavy (non-hydrogen) atoms. The van der Waals surface area contributed by atoms with Crippen LogP contribution in [-0.2, 0) is 11.3 Å². The first-order chi connectivity index (χ1) is 10.5. The van der Waals surface area contributed by atoms with Gasteiger partial charge in [-0.1, -0.05) is 12.1 Å². The second kappa shape index (κ2) is 6.34. The summed E-state index contributed by atoms with van der Waals surface area (Å²) in [6.07, 6.45) is 6.22. The number of nitrogens with zero attached hydrogens (tertiary/aromatic N) is 5. The first kappa shape index (κ1) is 15.4. The maximum atomic E-state index is 12.4. The van der Waals surface area contributed by atoms with Crippen molar-refractivity contribution in [2.45, 2.75) is 38.3 Å². The molecule has 2 fully saturated rings. The summed E-state index contributed by atoms with van der Waals surface area (Å²) < 4.78 is 1.65. The van der Waals surface area contributed by atoms with E-state index in [1.807, 2.05) is 4.90 Å². The molecule has 0 radical (unpaired) electrons. The van der Waals surface area contributed by atoms with Crippen molar-refractivity contribution >= 4 is 5.91 Å². The van der Waals surface area contributed by atoms with Crippen molar-refractivity contribution < 1.29 is 9.90 Å². The monoisotopic (exact) mass is 307 g/mol. The van der Waals surface area contributed by atoms with Crippen LogP contribution in [0.3, 0.4) is 0 Å². The highest BCUT2D eigenvalue weighted by atomic mass is 16.3. The molecule has 3 rings (SSSR count). The fourth-order valence-electron chi connectivity index (χ4n) is 3.37. The average molecular weight is 307 g/mol. The van der Waals surface area contributed by atoms with Crippen LogP contribution >= 0.6 is 0 Å². The average Bonchev–Trinajstić information content (AvgIpc) is 3.10. The van der Waals surface area contributed by atoms with Crippen molar-refractivity contribution in [1.82, 2.24) is 24.8 Å². The highest BCUT2D eigenvalue weighted by Gasteiger charge is 2.37. The summed E-state index contributed by atoms with van der Waals surface area (Å²) in [5, 5.41) is 18.3. The standard InChI is InChI=1S/C15H25N5O2/c1-13-2-6-19(7-3-13)14(21)10-18-8-4-15(22,11-18)12-20-9-5-16-17-20/h5,9,13,22H,2-4,6-8,10-12H2,1H3. The molecule has 1 unspecified atom stereocenters. The van der Waals surface area contributed by atoms with E-state index in [1.165, 1.54) is 0 Å². The predicted octanol–water partition coefficient (Wildman–Crippen LogP) is -0.0266. The minimum atomic E-state index is -0.815. The normalized spacial score (nSPS) is 27.5. The SMILES string of the molecule is CC1CCN(C(=O)CN2CCC(O)(Cn3ccnn3)C2)CC1. The van der Waals surface area contributed by atoms with E-state index in [4.69, 9.17) is 0 Å². The summed E-state index contributed by atoms with van der Waals surface area (Å²) in [5.74, 6) is 0.917. The third kappa shape index (κ3) is 3.64. The maximum absolute atomic E-state index is 12.4. The summed E-state index contributed by atoms with van der Waals surface area (Å²) in [7, 11) is 0. The lowest BCUT2D eigenvalue weighted by molar-refractivity contribution is -0.133. The second-order valence-corrected chi connectivity index (χ2v) is 6.85. The van der Waals surface area contributed by atoms with Crippen molar-refractivity contribution in [3.63, 3.8) is 0 Å². The molecule has 0 saturated carbocycles. The molecule has 1 aromatic rings. The molecule has 2 aliphatic rings. The molecule has 1 N–H and O–H groups in total. The minimum absolute atomic E-state index is 0.192. The Morgan fingerprint density at radius 1 is 1.36 bits per heavy atom. The quantitative estimate of drug-likeness (QED) is 0.846. The smallest absolute Gasteiger partial charge is 0.236 e. The number of β-amino-alcohol motifs (C(OH)–C–C–N with tert-alkyl or cyclic N) is 1. The molecule has 1 amide bonds. The van der Waals surface area contributed by atoms with E-state index >= 15 is 0 Å². The fourth-order valence-corrected chi connectivity index (χ4v) is 3.37. The van der Waals surface area contributed by atoms with E-state index in [0.717, 1.165) is 38.4 Å². The van der Waals surface area contributed by atoms with E-state index in [0.29, 0.717) is 26.1 Å². The minimum Gasteiger partial charge on any atom is -0.387 e. The zero-order chi connectivity index (χ0) is 15.6. The van der Waals surface area contributed by atoms with Crippen LogP contribution < -0.4 is 0 Å². The molecule has 122 valence electrons. The molecular formula is C15H25N5O2. The number of likely N-dealkylation sites (tertiary alicyclic amines) is 2. The Labute approximate surface area is 130 Å². The molecule has 7 heteroatoms. The van der Waals surface area contributed by atoms with E-state index in [1.54, 1.807) is 17.1 Å². The number of aliphatic hydroxyl groups is 1. The van der Waals surface area contributed by atoms with Crippen LogP contribution in [0.5, 0.6) is 0 Å². The Hall–Kier alpha value is -1.47. The maximum Gasteiger partial charge on any atom is 0.236 e. The number of amides is 1. The van der Waals surface area contributed by atoms with Crippen LogP contribution in [0.25, 0.3) is 0 Å². The van der Waals surface area contributed by atoms with Crippen molar-refractivity contribution in [2.75, 3.05) is 32.7 Å². The van der Waals surface area contributed by atoms with Crippen molar-refractivity contribution in [3.05, 3.63) is 12.4 Å². The van der Waals surface area contributed by atoms with Gasteiger partial charge in [0.25, 0.3) is 0 Å². The third-order valence-corrected chi connectivity index (χ3v) is 4.83. The third-order valence-electron chi connectivity index (χ3n) is 4.83. The van der Waals surface area contributed by atoms with Gasteiger partial charge >= 0.3 is 0 Å². The largest absolute Gasteiger partial charge is 0.387 e. The lowest BCUT2D eigenvalue weighted by Gasteiger charge is -2.31. The summed E-state index contributed by atoms with van der Waals surface area (Å²) >= 11 is 0. The summed E-state index contributed by atoms with van der Waals surface area (Å²) in [5.41, 5.74) is -0.815. The lowest BCUT2D eigenvalue weighted by atomic mass is 9.99. The van der Waals surface area contributed by atoms with E-state index in [-0.39, 0.29) is 5.91 Å². The van der Waals surface area contributed by atoms with Gasteiger partial charge in [-0.25, -0.2) is 4.68 Å². The van der Waals surface area contributed by atoms with Crippen LogP contribution in [0, 0.1) is 5.92 Å². The van der Waals surface area contributed by atoms with Gasteiger partial charge in [-0.2, -0.15) is 0 Å². The van der Waals surface area contributed by atoms with Gasteiger partial charge in [0.1, 0.15) is 0 Å². The molecule has 1 aromatic heterocycles. The van der Waals surface area contributed by atoms with Crippen LogP contribution in [0.15, 0.2) is 12.4 Å². The summed E-state index contributed by atoms with van der Waals surface area (Å²) in [6.45, 7) is 6.09. The van der Waals surface area contributed by atoms with Gasteiger partial charge in [0.05, 0.1) is 24.9 Å². The molecule has 2 aliphatic heterocycles. The van der Waals surface area contributed by atoms with Gasteiger partial charge in [0.15, 0.2) is 0 Å². The van der Waals surface area contributed by atoms with E-state index < -0.39 is 5.60 Å². The molecule has 0 spiro atoms. The predicted molar refractivity (Wildman–Crippen MR) is 81.0 cm³/mol. The molecule has 0 aliphatic carbocycles. The Kier molecular flexibility index (Phi) is 4.44. The highest BCUT2D eigenvalue weighted by Crippen LogP contribution is 2.23. The molecular weight excluding hydrogens is 282 g/mol. The number of hydrogen-bond acceptors (Lipinski definition) is 5. The number of piperidine rings is 1. The van der Waals surface area contributed by atoms with Gasteiger partial charge in [-0.3, -0.25) is 9.69 Å².